The minimum absolute atomic E-state index is 0.207. The van der Waals surface area contributed by atoms with E-state index >= 15 is 0 Å². The van der Waals surface area contributed by atoms with Gasteiger partial charge < -0.3 is 4.74 Å². The molecule has 0 fully saturated rings. The van der Waals surface area contributed by atoms with Crippen LogP contribution in [0.5, 0.6) is 5.75 Å². The average Bonchev–Trinajstić information content (AvgIpc) is 3.15. The summed E-state index contributed by atoms with van der Waals surface area (Å²) in [6.45, 7) is 8.68. The lowest BCUT2D eigenvalue weighted by atomic mass is 10.1. The number of nitrogens with zero attached hydrogens (tertiary/aromatic N) is 2. The maximum absolute atomic E-state index is 14.4. The molecule has 28 heavy (non-hydrogen) atoms. The fourth-order valence-corrected chi connectivity index (χ4v) is 3.15. The van der Waals surface area contributed by atoms with Crippen molar-refractivity contribution in [3.8, 4) is 5.75 Å². The van der Waals surface area contributed by atoms with Crippen LogP contribution in [0.4, 0.5) is 4.39 Å². The van der Waals surface area contributed by atoms with E-state index in [0.29, 0.717) is 0 Å². The Kier molecular flexibility index (Phi) is 7.01. The van der Waals surface area contributed by atoms with Crippen LogP contribution in [0.1, 0.15) is 12.5 Å². The van der Waals surface area contributed by atoms with Crippen LogP contribution >= 0.6 is 15.9 Å². The highest BCUT2D eigenvalue weighted by Gasteiger charge is 2.10. The molecule has 0 bridgehead atoms. The Hall–Kier alpha value is -2.44. The summed E-state index contributed by atoms with van der Waals surface area (Å²) in [7, 11) is 0. The van der Waals surface area contributed by atoms with Gasteiger partial charge in [0.25, 0.3) is 0 Å². The van der Waals surface area contributed by atoms with E-state index in [0.717, 1.165) is 46.1 Å². The molecule has 4 nitrogen and oxygen atoms in total. The van der Waals surface area contributed by atoms with Crippen molar-refractivity contribution in [2.24, 2.45) is 0 Å². The first-order valence-corrected chi connectivity index (χ1v) is 9.93. The van der Waals surface area contributed by atoms with Crippen molar-refractivity contribution in [1.29, 1.82) is 0 Å². The zero-order valence-electron chi connectivity index (χ0n) is 15.8. The van der Waals surface area contributed by atoms with E-state index in [1.165, 1.54) is 6.07 Å². The van der Waals surface area contributed by atoms with Crippen molar-refractivity contribution in [2.45, 2.75) is 6.92 Å². The number of H-pyrrole nitrogens is 1. The van der Waals surface area contributed by atoms with Crippen LogP contribution in [-0.4, -0.2) is 41.3 Å². The normalized spacial score (nSPS) is 11.9. The van der Waals surface area contributed by atoms with E-state index in [2.05, 4.69) is 50.6 Å². The average molecular weight is 444 g/mol. The SMILES string of the molecule is C=CCN(CC)CC=C(COc1cc2[nH]ncc2cc1F)c1ccc(Br)cc1. The number of rotatable bonds is 9. The summed E-state index contributed by atoms with van der Waals surface area (Å²) in [5.74, 6) is -0.191. The highest BCUT2D eigenvalue weighted by atomic mass is 79.9. The highest BCUT2D eigenvalue weighted by Crippen LogP contribution is 2.25. The molecule has 6 heteroatoms. The van der Waals surface area contributed by atoms with Crippen LogP contribution in [0.25, 0.3) is 16.5 Å². The molecule has 1 N–H and O–H groups in total. The second kappa shape index (κ2) is 9.66. The first kappa shape index (κ1) is 20.3. The van der Waals surface area contributed by atoms with Gasteiger partial charge in [0.05, 0.1) is 11.7 Å². The van der Waals surface area contributed by atoms with E-state index in [-0.39, 0.29) is 12.4 Å². The number of fused-ring (bicyclic) bond motifs is 1. The van der Waals surface area contributed by atoms with Gasteiger partial charge in [0, 0.05) is 29.0 Å². The summed E-state index contributed by atoms with van der Waals surface area (Å²) >= 11 is 3.46. The Morgan fingerprint density at radius 1 is 1.29 bits per heavy atom. The minimum atomic E-state index is -0.397. The summed E-state index contributed by atoms with van der Waals surface area (Å²) in [6, 6.07) is 11.1. The largest absolute Gasteiger partial charge is 0.486 e. The zero-order chi connectivity index (χ0) is 19.9. The van der Waals surface area contributed by atoms with Gasteiger partial charge in [-0.05, 0) is 35.9 Å². The van der Waals surface area contributed by atoms with E-state index in [1.807, 2.05) is 30.3 Å². The quantitative estimate of drug-likeness (QED) is 0.448. The monoisotopic (exact) mass is 443 g/mol. The van der Waals surface area contributed by atoms with Gasteiger partial charge in [0.2, 0.25) is 0 Å². The van der Waals surface area contributed by atoms with Crippen molar-refractivity contribution in [2.75, 3.05) is 26.2 Å². The van der Waals surface area contributed by atoms with Gasteiger partial charge in [0.15, 0.2) is 11.6 Å². The van der Waals surface area contributed by atoms with Crippen molar-refractivity contribution >= 4 is 32.4 Å². The summed E-state index contributed by atoms with van der Waals surface area (Å²) in [6.07, 6.45) is 5.61. The van der Waals surface area contributed by atoms with Gasteiger partial charge in [-0.15, -0.1) is 6.58 Å². The second-order valence-electron chi connectivity index (χ2n) is 6.41. The number of benzene rings is 2. The molecule has 2 aromatic carbocycles. The molecule has 0 saturated carbocycles. The highest BCUT2D eigenvalue weighted by molar-refractivity contribution is 9.10. The van der Waals surface area contributed by atoms with Gasteiger partial charge in [-0.1, -0.05) is 47.1 Å². The van der Waals surface area contributed by atoms with Crippen molar-refractivity contribution in [3.05, 3.63) is 77.2 Å². The predicted molar refractivity (Wildman–Crippen MR) is 116 cm³/mol. The third-order valence-electron chi connectivity index (χ3n) is 4.52. The van der Waals surface area contributed by atoms with Crippen LogP contribution in [0.15, 0.2) is 65.8 Å². The third-order valence-corrected chi connectivity index (χ3v) is 5.05. The smallest absolute Gasteiger partial charge is 0.165 e. The van der Waals surface area contributed by atoms with Crippen molar-refractivity contribution in [1.82, 2.24) is 15.1 Å². The molecule has 0 saturated heterocycles. The van der Waals surface area contributed by atoms with Crippen LogP contribution in [0.3, 0.4) is 0 Å². The maximum Gasteiger partial charge on any atom is 0.165 e. The van der Waals surface area contributed by atoms with Gasteiger partial charge in [0.1, 0.15) is 6.61 Å². The standard InChI is InChI=1S/C22H23BrFN3O/c1-3-10-27(4-2)11-9-17(16-5-7-19(23)8-6-16)15-28-22-13-21-18(12-20(22)24)14-25-26-21/h3,5-9,12-14H,1,4,10-11,15H2,2H3,(H,25,26). The molecular formula is C22H23BrFN3O. The molecule has 146 valence electrons. The van der Waals surface area contributed by atoms with Crippen LogP contribution in [0, 0.1) is 5.82 Å². The molecular weight excluding hydrogens is 421 g/mol. The van der Waals surface area contributed by atoms with Gasteiger partial charge in [-0.2, -0.15) is 5.10 Å². The number of aromatic amines is 1. The summed E-state index contributed by atoms with van der Waals surface area (Å²) in [4.78, 5) is 2.25. The number of ether oxygens (including phenoxy) is 1. The zero-order valence-corrected chi connectivity index (χ0v) is 17.4. The number of nitrogens with one attached hydrogen (secondary N) is 1. The fourth-order valence-electron chi connectivity index (χ4n) is 2.89. The molecule has 0 aliphatic rings. The number of aromatic nitrogens is 2. The molecule has 1 aromatic heterocycles. The molecule has 0 radical (unpaired) electrons. The number of hydrogen-bond donors (Lipinski definition) is 1. The molecule has 3 rings (SSSR count). The fraction of sp³-hybridized carbons (Fsp3) is 0.227. The van der Waals surface area contributed by atoms with E-state index in [9.17, 15) is 4.39 Å². The number of likely N-dealkylation sites (N-methyl/N-ethyl adjacent to an activating group) is 1. The van der Waals surface area contributed by atoms with Crippen molar-refractivity contribution < 1.29 is 9.13 Å². The van der Waals surface area contributed by atoms with E-state index in [1.54, 1.807) is 12.3 Å². The summed E-state index contributed by atoms with van der Waals surface area (Å²) in [5, 5.41) is 7.49. The first-order chi connectivity index (χ1) is 13.6. The number of hydrogen-bond acceptors (Lipinski definition) is 3. The second-order valence-corrected chi connectivity index (χ2v) is 7.32. The van der Waals surface area contributed by atoms with Gasteiger partial charge >= 0.3 is 0 Å². The van der Waals surface area contributed by atoms with Crippen LogP contribution < -0.4 is 4.74 Å². The van der Waals surface area contributed by atoms with Gasteiger partial charge in [-0.25, -0.2) is 4.39 Å². The lowest BCUT2D eigenvalue weighted by Crippen LogP contribution is -2.23. The van der Waals surface area contributed by atoms with E-state index < -0.39 is 5.82 Å². The third kappa shape index (κ3) is 5.09. The molecule has 0 unspecified atom stereocenters. The Labute approximate surface area is 172 Å². The van der Waals surface area contributed by atoms with Crippen molar-refractivity contribution in [3.63, 3.8) is 0 Å². The molecule has 1 heterocycles. The summed E-state index contributed by atoms with van der Waals surface area (Å²) < 4.78 is 21.2. The Bertz CT molecular complexity index is 966. The van der Waals surface area contributed by atoms with Crippen LogP contribution in [0.2, 0.25) is 0 Å². The lowest BCUT2D eigenvalue weighted by Gasteiger charge is -2.18. The molecule has 3 aromatic rings. The van der Waals surface area contributed by atoms with Crippen LogP contribution in [-0.2, 0) is 0 Å². The maximum atomic E-state index is 14.4. The van der Waals surface area contributed by atoms with Gasteiger partial charge in [-0.3, -0.25) is 10.00 Å². The Balaban J connectivity index is 1.82. The molecule has 0 amide bonds. The minimum Gasteiger partial charge on any atom is -0.486 e. The molecule has 0 aliphatic carbocycles. The predicted octanol–water partition coefficient (Wildman–Crippen LogP) is 5.43. The summed E-state index contributed by atoms with van der Waals surface area (Å²) in [5.41, 5.74) is 2.79. The Morgan fingerprint density at radius 2 is 2.07 bits per heavy atom. The molecule has 0 atom stereocenters. The van der Waals surface area contributed by atoms with E-state index in [4.69, 9.17) is 4.74 Å². The first-order valence-electron chi connectivity index (χ1n) is 9.14. The molecule has 0 spiro atoms. The molecule has 0 aliphatic heterocycles. The number of halogens is 2. The Morgan fingerprint density at radius 3 is 2.79 bits per heavy atom. The lowest BCUT2D eigenvalue weighted by molar-refractivity contribution is 0.342. The topological polar surface area (TPSA) is 41.1 Å².